The van der Waals surface area contributed by atoms with Gasteiger partial charge in [-0.25, -0.2) is 0 Å². The van der Waals surface area contributed by atoms with Gasteiger partial charge < -0.3 is 10.6 Å². The van der Waals surface area contributed by atoms with Crippen molar-refractivity contribution in [2.24, 2.45) is 0 Å². The van der Waals surface area contributed by atoms with Crippen molar-refractivity contribution in [3.63, 3.8) is 0 Å². The normalized spacial score (nSPS) is 17.1. The summed E-state index contributed by atoms with van der Waals surface area (Å²) in [4.78, 5) is 11.5. The lowest BCUT2D eigenvalue weighted by atomic mass is 10.3. The molecule has 86 valence electrons. The number of amides is 1. The van der Waals surface area contributed by atoms with Crippen molar-refractivity contribution in [1.82, 2.24) is 10.6 Å². The minimum absolute atomic E-state index is 0.0741. The lowest BCUT2D eigenvalue weighted by molar-refractivity contribution is -0.122. The predicted octanol–water partition coefficient (Wildman–Crippen LogP) is 1.16. The molecule has 0 aromatic carbocycles. The van der Waals surface area contributed by atoms with Gasteiger partial charge in [-0.1, -0.05) is 6.08 Å². The zero-order valence-electron chi connectivity index (χ0n) is 9.29. The third-order valence-electron chi connectivity index (χ3n) is 2.25. The summed E-state index contributed by atoms with van der Waals surface area (Å²) in [6, 6.07) is 0.381. The topological polar surface area (TPSA) is 41.1 Å². The Morgan fingerprint density at radius 2 is 2.40 bits per heavy atom. The second-order valence-electron chi connectivity index (χ2n) is 3.82. The maximum Gasteiger partial charge on any atom is 0.237 e. The summed E-state index contributed by atoms with van der Waals surface area (Å²) < 4.78 is 0. The van der Waals surface area contributed by atoms with Crippen molar-refractivity contribution in [2.45, 2.75) is 31.8 Å². The molecule has 15 heavy (non-hydrogen) atoms. The second kappa shape index (κ2) is 6.90. The Morgan fingerprint density at radius 3 is 3.00 bits per heavy atom. The van der Waals surface area contributed by atoms with Gasteiger partial charge in [0.05, 0.1) is 6.04 Å². The molecule has 0 radical (unpaired) electrons. The Kier molecular flexibility index (Phi) is 5.79. The zero-order valence-corrected chi connectivity index (χ0v) is 10.1. The van der Waals surface area contributed by atoms with E-state index >= 15 is 0 Å². The lowest BCUT2D eigenvalue weighted by Crippen LogP contribution is -2.43. The average molecular weight is 228 g/mol. The molecule has 3 nitrogen and oxygen atoms in total. The molecular formula is C11H20N2OS. The highest BCUT2D eigenvalue weighted by molar-refractivity contribution is 7.99. The first-order valence-electron chi connectivity index (χ1n) is 5.46. The molecule has 1 fully saturated rings. The molecule has 0 aromatic rings. The molecule has 1 saturated carbocycles. The van der Waals surface area contributed by atoms with Gasteiger partial charge in [-0.05, 0) is 19.8 Å². The van der Waals surface area contributed by atoms with E-state index in [2.05, 4.69) is 17.2 Å². The number of carbonyl (C=O) groups is 1. The summed E-state index contributed by atoms with van der Waals surface area (Å²) in [7, 11) is 0. The van der Waals surface area contributed by atoms with Crippen LogP contribution in [-0.4, -0.2) is 36.0 Å². The van der Waals surface area contributed by atoms with Gasteiger partial charge in [0.2, 0.25) is 5.91 Å². The fraction of sp³-hybridized carbons (Fsp3) is 0.727. The van der Waals surface area contributed by atoms with Crippen molar-refractivity contribution in [3.8, 4) is 0 Å². The number of rotatable bonds is 8. The maximum atomic E-state index is 11.5. The van der Waals surface area contributed by atoms with Crippen LogP contribution in [0.15, 0.2) is 12.7 Å². The number of hydrogen-bond donors (Lipinski definition) is 2. The Morgan fingerprint density at radius 1 is 1.67 bits per heavy atom. The first-order valence-corrected chi connectivity index (χ1v) is 6.62. The van der Waals surface area contributed by atoms with Crippen molar-refractivity contribution >= 4 is 17.7 Å². The Balaban J connectivity index is 1.98. The summed E-state index contributed by atoms with van der Waals surface area (Å²) in [5, 5.41) is 6.19. The van der Waals surface area contributed by atoms with Crippen LogP contribution >= 0.6 is 11.8 Å². The third kappa shape index (κ3) is 5.85. The molecule has 1 atom stereocenters. The Bertz CT molecular complexity index is 217. The first-order chi connectivity index (χ1) is 7.24. The van der Waals surface area contributed by atoms with E-state index < -0.39 is 0 Å². The molecule has 2 N–H and O–H groups in total. The maximum absolute atomic E-state index is 11.5. The average Bonchev–Trinajstić information content (AvgIpc) is 3.01. The number of carbonyl (C=O) groups excluding carboxylic acids is 1. The van der Waals surface area contributed by atoms with Gasteiger partial charge in [0.15, 0.2) is 0 Å². The van der Waals surface area contributed by atoms with Gasteiger partial charge in [0.1, 0.15) is 0 Å². The first kappa shape index (κ1) is 12.6. The molecule has 0 heterocycles. The summed E-state index contributed by atoms with van der Waals surface area (Å²) in [5.74, 6) is 2.13. The van der Waals surface area contributed by atoms with Crippen molar-refractivity contribution in [2.75, 3.05) is 18.1 Å². The fourth-order valence-corrected chi connectivity index (χ4v) is 1.76. The highest BCUT2D eigenvalue weighted by Gasteiger charge is 2.25. The summed E-state index contributed by atoms with van der Waals surface area (Å²) in [6.45, 7) is 6.44. The summed E-state index contributed by atoms with van der Waals surface area (Å²) >= 11 is 1.82. The van der Waals surface area contributed by atoms with Crippen molar-refractivity contribution in [3.05, 3.63) is 12.7 Å². The molecule has 1 aliphatic rings. The van der Waals surface area contributed by atoms with Crippen molar-refractivity contribution < 1.29 is 4.79 Å². The van der Waals surface area contributed by atoms with Crippen LogP contribution in [0.4, 0.5) is 0 Å². The van der Waals surface area contributed by atoms with E-state index in [0.29, 0.717) is 6.04 Å². The fourth-order valence-electron chi connectivity index (χ4n) is 1.16. The highest BCUT2D eigenvalue weighted by atomic mass is 32.2. The van der Waals surface area contributed by atoms with E-state index in [0.717, 1.165) is 30.9 Å². The largest absolute Gasteiger partial charge is 0.352 e. The monoisotopic (exact) mass is 228 g/mol. The molecule has 1 aliphatic carbocycles. The van der Waals surface area contributed by atoms with Crippen LogP contribution in [0, 0.1) is 0 Å². The highest BCUT2D eigenvalue weighted by Crippen LogP contribution is 2.18. The molecule has 1 rings (SSSR count). The number of hydrogen-bond acceptors (Lipinski definition) is 3. The van der Waals surface area contributed by atoms with Gasteiger partial charge in [-0.2, -0.15) is 11.8 Å². The van der Waals surface area contributed by atoms with Crippen LogP contribution in [0.3, 0.4) is 0 Å². The quantitative estimate of drug-likeness (QED) is 0.484. The Labute approximate surface area is 96.1 Å². The van der Waals surface area contributed by atoms with Gasteiger partial charge in [0.25, 0.3) is 0 Å². The molecule has 1 unspecified atom stereocenters. The molecular weight excluding hydrogens is 208 g/mol. The predicted molar refractivity (Wildman–Crippen MR) is 66.2 cm³/mol. The van der Waals surface area contributed by atoms with E-state index in [-0.39, 0.29) is 11.9 Å². The van der Waals surface area contributed by atoms with Gasteiger partial charge in [-0.15, -0.1) is 6.58 Å². The van der Waals surface area contributed by atoms with Crippen LogP contribution in [-0.2, 0) is 4.79 Å². The van der Waals surface area contributed by atoms with E-state index in [9.17, 15) is 4.79 Å². The molecule has 4 heteroatoms. The number of nitrogens with one attached hydrogen (secondary N) is 2. The van der Waals surface area contributed by atoms with Crippen LogP contribution in [0.5, 0.6) is 0 Å². The molecule has 0 aliphatic heterocycles. The SMILES string of the molecule is C=CCSCCNC(C)C(=O)NC1CC1. The Hall–Kier alpha value is -0.480. The van der Waals surface area contributed by atoms with E-state index in [4.69, 9.17) is 0 Å². The second-order valence-corrected chi connectivity index (χ2v) is 4.97. The molecule has 0 aromatic heterocycles. The molecule has 0 saturated heterocycles. The van der Waals surface area contributed by atoms with E-state index in [1.54, 1.807) is 0 Å². The smallest absolute Gasteiger partial charge is 0.237 e. The summed E-state index contributed by atoms with van der Waals surface area (Å²) in [6.07, 6.45) is 4.19. The number of thioether (sulfide) groups is 1. The minimum atomic E-state index is -0.0741. The van der Waals surface area contributed by atoms with Crippen LogP contribution < -0.4 is 10.6 Å². The standard InChI is InChI=1S/C11H20N2OS/c1-3-7-15-8-6-12-9(2)11(14)13-10-4-5-10/h3,9-10,12H,1,4-8H2,2H3,(H,13,14). The molecule has 0 bridgehead atoms. The molecule has 1 amide bonds. The summed E-state index contributed by atoms with van der Waals surface area (Å²) in [5.41, 5.74) is 0. The van der Waals surface area contributed by atoms with E-state index in [1.165, 1.54) is 0 Å². The lowest BCUT2D eigenvalue weighted by Gasteiger charge is -2.13. The molecule has 0 spiro atoms. The van der Waals surface area contributed by atoms with E-state index in [1.807, 2.05) is 24.8 Å². The van der Waals surface area contributed by atoms with Gasteiger partial charge in [0, 0.05) is 24.1 Å². The minimum Gasteiger partial charge on any atom is -0.352 e. The van der Waals surface area contributed by atoms with Crippen LogP contribution in [0.25, 0.3) is 0 Å². The third-order valence-corrected chi connectivity index (χ3v) is 3.21. The van der Waals surface area contributed by atoms with Crippen LogP contribution in [0.2, 0.25) is 0 Å². The zero-order chi connectivity index (χ0) is 11.1. The van der Waals surface area contributed by atoms with Gasteiger partial charge in [-0.3, -0.25) is 4.79 Å². The van der Waals surface area contributed by atoms with Crippen LogP contribution in [0.1, 0.15) is 19.8 Å². The van der Waals surface area contributed by atoms with Crippen molar-refractivity contribution in [1.29, 1.82) is 0 Å². The van der Waals surface area contributed by atoms with Gasteiger partial charge >= 0.3 is 0 Å².